The van der Waals surface area contributed by atoms with Crippen LogP contribution in [-0.2, 0) is 19.1 Å². The molecule has 0 spiro atoms. The minimum atomic E-state index is -1.91. The SMILES string of the molecule is CC(=O)Oc1ccccc1/C=C/C(=O)OCC1(O)COC(n2cnc(C(N)=O)n2)C1O. The Balaban J connectivity index is 1.60. The summed E-state index contributed by atoms with van der Waals surface area (Å²) in [5.41, 5.74) is 3.63. The maximum absolute atomic E-state index is 12.1. The van der Waals surface area contributed by atoms with Crippen LogP contribution in [0.5, 0.6) is 5.75 Å². The number of para-hydroxylation sites is 1. The van der Waals surface area contributed by atoms with Crippen LogP contribution in [0.25, 0.3) is 6.08 Å². The van der Waals surface area contributed by atoms with E-state index in [9.17, 15) is 24.6 Å². The van der Waals surface area contributed by atoms with Crippen LogP contribution >= 0.6 is 0 Å². The molecule has 2 aromatic rings. The van der Waals surface area contributed by atoms with E-state index < -0.39 is 42.4 Å². The molecule has 0 bridgehead atoms. The highest BCUT2D eigenvalue weighted by Gasteiger charge is 2.50. The lowest BCUT2D eigenvalue weighted by Crippen LogP contribution is -2.47. The molecule has 1 aromatic carbocycles. The minimum absolute atomic E-state index is 0.267. The van der Waals surface area contributed by atoms with Gasteiger partial charge in [0.25, 0.3) is 5.91 Å². The Labute approximate surface area is 175 Å². The van der Waals surface area contributed by atoms with Gasteiger partial charge in [0.05, 0.1) is 6.61 Å². The quantitative estimate of drug-likeness (QED) is 0.285. The van der Waals surface area contributed by atoms with Gasteiger partial charge in [-0.3, -0.25) is 9.59 Å². The molecular weight excluding hydrogens is 412 g/mol. The van der Waals surface area contributed by atoms with Gasteiger partial charge in [0, 0.05) is 18.6 Å². The topological polar surface area (TPSA) is 176 Å². The Morgan fingerprint density at radius 1 is 1.39 bits per heavy atom. The second kappa shape index (κ2) is 9.04. The summed E-state index contributed by atoms with van der Waals surface area (Å²) in [4.78, 5) is 38.0. The van der Waals surface area contributed by atoms with Gasteiger partial charge >= 0.3 is 11.9 Å². The summed E-state index contributed by atoms with van der Waals surface area (Å²) in [6.45, 7) is 0.319. The zero-order valence-electron chi connectivity index (χ0n) is 16.4. The van der Waals surface area contributed by atoms with Gasteiger partial charge in [0.1, 0.15) is 24.8 Å². The number of carbonyl (C=O) groups excluding carboxylic acids is 3. The number of hydrogen-bond acceptors (Lipinski definition) is 10. The summed E-state index contributed by atoms with van der Waals surface area (Å²) in [5, 5.41) is 24.8. The lowest BCUT2D eigenvalue weighted by Gasteiger charge is -2.25. The molecule has 164 valence electrons. The molecule has 0 aliphatic carbocycles. The van der Waals surface area contributed by atoms with Gasteiger partial charge in [-0.25, -0.2) is 14.5 Å². The number of aliphatic hydroxyl groups excluding tert-OH is 1. The van der Waals surface area contributed by atoms with E-state index in [4.69, 9.17) is 19.9 Å². The molecule has 1 amide bonds. The average molecular weight is 432 g/mol. The minimum Gasteiger partial charge on any atom is -0.459 e. The summed E-state index contributed by atoms with van der Waals surface area (Å²) in [6, 6.07) is 6.56. The number of amides is 1. The third-order valence-corrected chi connectivity index (χ3v) is 4.35. The van der Waals surface area contributed by atoms with E-state index in [0.29, 0.717) is 5.56 Å². The van der Waals surface area contributed by atoms with Gasteiger partial charge in [0.2, 0.25) is 5.82 Å². The number of ether oxygens (including phenoxy) is 3. The Morgan fingerprint density at radius 3 is 2.81 bits per heavy atom. The van der Waals surface area contributed by atoms with Gasteiger partial charge in [-0.05, 0) is 12.1 Å². The van der Waals surface area contributed by atoms with Crippen molar-refractivity contribution in [2.75, 3.05) is 13.2 Å². The van der Waals surface area contributed by atoms with Crippen molar-refractivity contribution in [2.24, 2.45) is 5.73 Å². The Bertz CT molecular complexity index is 1020. The number of aliphatic hydroxyl groups is 2. The molecular formula is C19H20N4O8. The second-order valence-electron chi connectivity index (χ2n) is 6.73. The average Bonchev–Trinajstić information content (AvgIpc) is 3.31. The van der Waals surface area contributed by atoms with E-state index in [1.54, 1.807) is 24.3 Å². The second-order valence-corrected chi connectivity index (χ2v) is 6.73. The van der Waals surface area contributed by atoms with Crippen molar-refractivity contribution in [2.45, 2.75) is 24.9 Å². The summed E-state index contributed by atoms with van der Waals surface area (Å²) < 4.78 is 16.4. The normalized spacial score (nSPS) is 23.1. The van der Waals surface area contributed by atoms with Gasteiger partial charge < -0.3 is 30.2 Å². The molecule has 31 heavy (non-hydrogen) atoms. The Kier molecular flexibility index (Phi) is 6.44. The lowest BCUT2D eigenvalue weighted by molar-refractivity contribution is -0.151. The number of esters is 2. The number of rotatable bonds is 7. The fraction of sp³-hybridized carbons (Fsp3) is 0.316. The number of benzene rings is 1. The monoisotopic (exact) mass is 432 g/mol. The highest BCUT2D eigenvalue weighted by Crippen LogP contribution is 2.31. The maximum atomic E-state index is 12.1. The smallest absolute Gasteiger partial charge is 0.330 e. The van der Waals surface area contributed by atoms with Crippen LogP contribution in [0.4, 0.5) is 0 Å². The number of carbonyl (C=O) groups is 3. The predicted octanol–water partition coefficient (Wildman–Crippen LogP) is -0.820. The molecule has 1 saturated heterocycles. The molecule has 12 nitrogen and oxygen atoms in total. The van der Waals surface area contributed by atoms with E-state index >= 15 is 0 Å². The van der Waals surface area contributed by atoms with Crippen LogP contribution in [0.3, 0.4) is 0 Å². The molecule has 4 N–H and O–H groups in total. The van der Waals surface area contributed by atoms with Crippen LogP contribution in [0.1, 0.15) is 29.3 Å². The molecule has 1 aliphatic heterocycles. The van der Waals surface area contributed by atoms with E-state index in [1.807, 2.05) is 0 Å². The molecule has 3 rings (SSSR count). The number of hydrogen-bond donors (Lipinski definition) is 3. The van der Waals surface area contributed by atoms with E-state index in [0.717, 1.165) is 17.1 Å². The molecule has 1 aliphatic rings. The summed E-state index contributed by atoms with van der Waals surface area (Å²) >= 11 is 0. The fourth-order valence-corrected chi connectivity index (χ4v) is 2.80. The van der Waals surface area contributed by atoms with Crippen LogP contribution in [0.2, 0.25) is 0 Å². The first-order chi connectivity index (χ1) is 14.7. The van der Waals surface area contributed by atoms with Crippen molar-refractivity contribution in [3.05, 3.63) is 48.1 Å². The highest BCUT2D eigenvalue weighted by molar-refractivity contribution is 5.88. The molecule has 0 radical (unpaired) electrons. The molecule has 3 unspecified atom stereocenters. The molecule has 12 heteroatoms. The molecule has 2 heterocycles. The lowest BCUT2D eigenvalue weighted by atomic mass is 10.0. The summed E-state index contributed by atoms with van der Waals surface area (Å²) in [6.07, 6.45) is 0.902. The molecule has 0 saturated carbocycles. The number of nitrogens with two attached hydrogens (primary N) is 1. The van der Waals surface area contributed by atoms with Gasteiger partial charge in [-0.1, -0.05) is 18.2 Å². The first kappa shape index (κ1) is 22.1. The van der Waals surface area contributed by atoms with Gasteiger partial charge in [-0.2, -0.15) is 0 Å². The number of nitrogens with zero attached hydrogens (tertiary/aromatic N) is 3. The Morgan fingerprint density at radius 2 is 2.13 bits per heavy atom. The van der Waals surface area contributed by atoms with Crippen molar-refractivity contribution in [1.82, 2.24) is 14.8 Å². The van der Waals surface area contributed by atoms with Crippen molar-refractivity contribution in [3.8, 4) is 5.75 Å². The molecule has 1 fully saturated rings. The summed E-state index contributed by atoms with van der Waals surface area (Å²) in [5.74, 6) is -2.19. The highest BCUT2D eigenvalue weighted by atomic mass is 16.6. The first-order valence-electron chi connectivity index (χ1n) is 9.05. The standard InChI is InChI=1S/C19H20N4O8/c1-11(24)31-13-5-3-2-4-12(13)6-7-14(25)29-8-19(28)9-30-18(15(19)26)23-10-21-17(22-23)16(20)27/h2-7,10,15,18,26,28H,8-9H2,1H3,(H2,20,27)/b7-6+. The number of primary amides is 1. The Hall–Kier alpha value is -3.61. The van der Waals surface area contributed by atoms with Crippen LogP contribution in [-0.4, -0.2) is 67.7 Å². The van der Waals surface area contributed by atoms with E-state index in [-0.39, 0.29) is 18.2 Å². The van der Waals surface area contributed by atoms with Crippen molar-refractivity contribution in [3.63, 3.8) is 0 Å². The first-order valence-corrected chi connectivity index (χ1v) is 9.05. The van der Waals surface area contributed by atoms with E-state index in [1.165, 1.54) is 13.0 Å². The van der Waals surface area contributed by atoms with Gasteiger partial charge in [-0.15, -0.1) is 5.10 Å². The maximum Gasteiger partial charge on any atom is 0.330 e. The predicted molar refractivity (Wildman–Crippen MR) is 102 cm³/mol. The zero-order valence-corrected chi connectivity index (χ0v) is 16.4. The van der Waals surface area contributed by atoms with Crippen LogP contribution in [0.15, 0.2) is 36.7 Å². The largest absolute Gasteiger partial charge is 0.459 e. The van der Waals surface area contributed by atoms with Crippen LogP contribution < -0.4 is 10.5 Å². The van der Waals surface area contributed by atoms with E-state index in [2.05, 4.69) is 10.1 Å². The van der Waals surface area contributed by atoms with Crippen molar-refractivity contribution < 1.29 is 38.8 Å². The third-order valence-electron chi connectivity index (χ3n) is 4.35. The molecule has 1 aromatic heterocycles. The molecule has 3 atom stereocenters. The van der Waals surface area contributed by atoms with Crippen molar-refractivity contribution >= 4 is 23.9 Å². The van der Waals surface area contributed by atoms with Gasteiger partial charge in [0.15, 0.2) is 11.8 Å². The van der Waals surface area contributed by atoms with Crippen molar-refractivity contribution in [1.29, 1.82) is 0 Å². The van der Waals surface area contributed by atoms with Crippen LogP contribution in [0, 0.1) is 0 Å². The fourth-order valence-electron chi connectivity index (χ4n) is 2.80. The zero-order chi connectivity index (χ0) is 22.6. The third kappa shape index (κ3) is 5.12. The number of aromatic nitrogens is 3. The summed E-state index contributed by atoms with van der Waals surface area (Å²) in [7, 11) is 0.